The number of benzene rings is 1. The lowest BCUT2D eigenvalue weighted by Gasteiger charge is -2.51. The van der Waals surface area contributed by atoms with Crippen LogP contribution in [0.2, 0.25) is 0 Å². The van der Waals surface area contributed by atoms with Gasteiger partial charge in [-0.2, -0.15) is 0 Å². The van der Waals surface area contributed by atoms with Crippen LogP contribution in [0.5, 0.6) is 0 Å². The van der Waals surface area contributed by atoms with Gasteiger partial charge in [0.2, 0.25) is 0 Å². The number of hydrogen-bond donors (Lipinski definition) is 2. The van der Waals surface area contributed by atoms with Crippen molar-refractivity contribution in [2.24, 2.45) is 11.1 Å². The summed E-state index contributed by atoms with van der Waals surface area (Å²) in [7, 11) is 0. The Kier molecular flexibility index (Phi) is 2.81. The van der Waals surface area contributed by atoms with Crippen LogP contribution in [0.1, 0.15) is 37.3 Å². The van der Waals surface area contributed by atoms with E-state index >= 15 is 0 Å². The molecule has 0 spiro atoms. The van der Waals surface area contributed by atoms with Gasteiger partial charge in [0.25, 0.3) is 0 Å². The highest BCUT2D eigenvalue weighted by Crippen LogP contribution is 2.52. The number of hydrogen-bond acceptors (Lipinski definition) is 2. The number of aryl methyl sites for hydroxylation is 1. The summed E-state index contributed by atoms with van der Waals surface area (Å²) in [5.41, 5.74) is 7.16. The van der Waals surface area contributed by atoms with E-state index in [9.17, 15) is 5.11 Å². The first kappa shape index (κ1) is 11.6. The molecule has 1 aromatic rings. The maximum atomic E-state index is 10.8. The lowest BCUT2D eigenvalue weighted by Crippen LogP contribution is -2.53. The third-order valence-electron chi connectivity index (χ3n) is 4.35. The Morgan fingerprint density at radius 1 is 1.31 bits per heavy atom. The first-order chi connectivity index (χ1) is 7.52. The van der Waals surface area contributed by atoms with Crippen LogP contribution in [-0.2, 0) is 5.60 Å². The molecule has 88 valence electrons. The smallest absolute Gasteiger partial charge is 0.0936 e. The normalized spacial score (nSPS) is 22.2. The van der Waals surface area contributed by atoms with Gasteiger partial charge >= 0.3 is 0 Å². The third-order valence-corrected chi connectivity index (χ3v) is 4.35. The molecule has 0 aromatic heterocycles. The third kappa shape index (κ3) is 1.57. The highest BCUT2D eigenvalue weighted by atomic mass is 16.3. The molecule has 0 amide bonds. The molecule has 0 heterocycles. The van der Waals surface area contributed by atoms with Crippen LogP contribution >= 0.6 is 0 Å². The lowest BCUT2D eigenvalue weighted by atomic mass is 9.57. The van der Waals surface area contributed by atoms with Crippen LogP contribution in [0.3, 0.4) is 0 Å². The van der Waals surface area contributed by atoms with Crippen LogP contribution in [0.15, 0.2) is 24.3 Å². The Morgan fingerprint density at radius 3 is 2.25 bits per heavy atom. The van der Waals surface area contributed by atoms with Crippen LogP contribution in [-0.4, -0.2) is 11.7 Å². The monoisotopic (exact) mass is 219 g/mol. The Balaban J connectivity index is 2.34. The molecule has 2 nitrogen and oxygen atoms in total. The molecule has 16 heavy (non-hydrogen) atoms. The van der Waals surface area contributed by atoms with Crippen molar-refractivity contribution in [2.75, 3.05) is 6.54 Å². The molecule has 1 aliphatic carbocycles. The minimum Gasteiger partial charge on any atom is -0.385 e. The molecule has 1 atom stereocenters. The van der Waals surface area contributed by atoms with Crippen molar-refractivity contribution in [2.45, 2.75) is 38.7 Å². The molecule has 2 heteroatoms. The lowest BCUT2D eigenvalue weighted by molar-refractivity contribution is -0.116. The molecule has 0 bridgehead atoms. The van der Waals surface area contributed by atoms with Crippen molar-refractivity contribution in [3.05, 3.63) is 35.4 Å². The average molecular weight is 219 g/mol. The average Bonchev–Trinajstić information content (AvgIpc) is 2.17. The fourth-order valence-electron chi connectivity index (χ4n) is 2.68. The van der Waals surface area contributed by atoms with Crippen LogP contribution < -0.4 is 5.73 Å². The van der Waals surface area contributed by atoms with Crippen molar-refractivity contribution >= 4 is 0 Å². The number of rotatable bonds is 3. The highest BCUT2D eigenvalue weighted by molar-refractivity contribution is 5.29. The zero-order chi connectivity index (χ0) is 11.8. The molecule has 3 N–H and O–H groups in total. The van der Waals surface area contributed by atoms with E-state index in [1.54, 1.807) is 0 Å². The second kappa shape index (κ2) is 3.86. The van der Waals surface area contributed by atoms with Gasteiger partial charge in [0.15, 0.2) is 0 Å². The summed E-state index contributed by atoms with van der Waals surface area (Å²) in [6, 6.07) is 8.13. The molecular formula is C14H21NO. The van der Waals surface area contributed by atoms with E-state index in [-0.39, 0.29) is 5.41 Å². The zero-order valence-electron chi connectivity index (χ0n) is 10.2. The Labute approximate surface area is 97.5 Å². The zero-order valence-corrected chi connectivity index (χ0v) is 10.2. The summed E-state index contributed by atoms with van der Waals surface area (Å²) >= 11 is 0. The molecule has 1 saturated carbocycles. The van der Waals surface area contributed by atoms with E-state index in [4.69, 9.17) is 5.73 Å². The first-order valence-electron chi connectivity index (χ1n) is 6.01. The summed E-state index contributed by atoms with van der Waals surface area (Å²) in [5.74, 6) is 0. The second-order valence-corrected chi connectivity index (χ2v) is 5.28. The van der Waals surface area contributed by atoms with Gasteiger partial charge in [0.1, 0.15) is 0 Å². The van der Waals surface area contributed by atoms with Crippen molar-refractivity contribution in [3.63, 3.8) is 0 Å². The van der Waals surface area contributed by atoms with Gasteiger partial charge in [-0.15, -0.1) is 0 Å². The molecule has 1 fully saturated rings. The fraction of sp³-hybridized carbons (Fsp3) is 0.571. The highest BCUT2D eigenvalue weighted by Gasteiger charge is 2.50. The van der Waals surface area contributed by atoms with E-state index in [2.05, 4.69) is 6.92 Å². The van der Waals surface area contributed by atoms with Gasteiger partial charge in [-0.1, -0.05) is 36.2 Å². The standard InChI is InChI=1S/C14H21NO/c1-11-4-6-12(7-5-11)13(2,16)14(10-15)8-3-9-14/h4-7,16H,3,8-10,15H2,1-2H3. The molecule has 1 unspecified atom stereocenters. The quantitative estimate of drug-likeness (QED) is 0.819. The minimum atomic E-state index is -0.798. The van der Waals surface area contributed by atoms with Crippen molar-refractivity contribution in [1.82, 2.24) is 0 Å². The molecule has 0 radical (unpaired) electrons. The first-order valence-corrected chi connectivity index (χ1v) is 6.01. The predicted molar refractivity (Wildman–Crippen MR) is 66.1 cm³/mol. The SMILES string of the molecule is Cc1ccc(C(C)(O)C2(CN)CCC2)cc1. The molecule has 0 saturated heterocycles. The summed E-state index contributed by atoms with van der Waals surface area (Å²) in [6.07, 6.45) is 3.24. The summed E-state index contributed by atoms with van der Waals surface area (Å²) < 4.78 is 0. The van der Waals surface area contributed by atoms with Gasteiger partial charge < -0.3 is 10.8 Å². The van der Waals surface area contributed by atoms with Gasteiger partial charge in [-0.3, -0.25) is 0 Å². The second-order valence-electron chi connectivity index (χ2n) is 5.28. The Morgan fingerprint density at radius 2 is 1.88 bits per heavy atom. The van der Waals surface area contributed by atoms with Crippen molar-refractivity contribution < 1.29 is 5.11 Å². The molecule has 2 rings (SSSR count). The predicted octanol–water partition coefficient (Wildman–Crippen LogP) is 2.33. The molecule has 1 aliphatic rings. The van der Waals surface area contributed by atoms with Gasteiger partial charge in [-0.25, -0.2) is 0 Å². The topological polar surface area (TPSA) is 46.2 Å². The minimum absolute atomic E-state index is 0.109. The fourth-order valence-corrected chi connectivity index (χ4v) is 2.68. The summed E-state index contributed by atoms with van der Waals surface area (Å²) in [6.45, 7) is 4.53. The van der Waals surface area contributed by atoms with Crippen LogP contribution in [0, 0.1) is 12.3 Å². The molecule has 1 aromatic carbocycles. The summed E-state index contributed by atoms with van der Waals surface area (Å²) in [4.78, 5) is 0. The van der Waals surface area contributed by atoms with E-state index in [0.717, 1.165) is 18.4 Å². The van der Waals surface area contributed by atoms with Gasteiger partial charge in [-0.05, 0) is 32.3 Å². The van der Waals surface area contributed by atoms with Gasteiger partial charge in [0.05, 0.1) is 5.60 Å². The van der Waals surface area contributed by atoms with E-state index < -0.39 is 5.60 Å². The van der Waals surface area contributed by atoms with Gasteiger partial charge in [0, 0.05) is 12.0 Å². The number of nitrogens with two attached hydrogens (primary N) is 1. The Hall–Kier alpha value is -0.860. The van der Waals surface area contributed by atoms with Crippen molar-refractivity contribution in [3.8, 4) is 0 Å². The molecular weight excluding hydrogens is 198 g/mol. The summed E-state index contributed by atoms with van der Waals surface area (Å²) in [5, 5.41) is 10.8. The van der Waals surface area contributed by atoms with Crippen LogP contribution in [0.4, 0.5) is 0 Å². The van der Waals surface area contributed by atoms with Crippen molar-refractivity contribution in [1.29, 1.82) is 0 Å². The van der Waals surface area contributed by atoms with E-state index in [0.29, 0.717) is 6.54 Å². The van der Waals surface area contributed by atoms with E-state index in [1.165, 1.54) is 12.0 Å². The molecule has 0 aliphatic heterocycles. The number of aliphatic hydroxyl groups is 1. The maximum absolute atomic E-state index is 10.8. The maximum Gasteiger partial charge on any atom is 0.0936 e. The largest absolute Gasteiger partial charge is 0.385 e. The Bertz CT molecular complexity index is 357. The van der Waals surface area contributed by atoms with Crippen LogP contribution in [0.25, 0.3) is 0 Å². The van der Waals surface area contributed by atoms with E-state index in [1.807, 2.05) is 31.2 Å².